The zero-order chi connectivity index (χ0) is 23.7. The van der Waals surface area contributed by atoms with E-state index in [1.807, 2.05) is 31.3 Å². The molecule has 1 aliphatic heterocycles. The van der Waals surface area contributed by atoms with Crippen molar-refractivity contribution in [1.29, 1.82) is 0 Å². The number of carbonyl (C=O) groups is 1. The third-order valence-electron chi connectivity index (χ3n) is 5.93. The second kappa shape index (κ2) is 9.37. The number of ether oxygens (including phenoxy) is 2. The molecule has 0 unspecified atom stereocenters. The number of aliphatic hydroxyl groups excluding tert-OH is 1. The molecule has 1 saturated heterocycles. The molecule has 2 atom stereocenters. The lowest BCUT2D eigenvalue weighted by molar-refractivity contribution is 0.0888. The van der Waals surface area contributed by atoms with E-state index >= 15 is 0 Å². The Bertz CT molecular complexity index is 1330. The van der Waals surface area contributed by atoms with Gasteiger partial charge in [-0.2, -0.15) is 9.61 Å². The standard InChI is InChI=1S/C23H27N7O4/c1-3-33-8-7-29-11-16(14-5-4-6-25-21(14)29)17-9-20(24-2)30-22(27-17)15(10-26-30)23(32)28-18-12-34-13-19(18)31/h4-6,9-11,18-19,24,31H,3,7-8,12-13H2,1-2H3,(H,28,32)/t18-,19+/m0/s1. The van der Waals surface area contributed by atoms with Gasteiger partial charge in [-0.15, -0.1) is 0 Å². The molecule has 4 aromatic heterocycles. The molecule has 178 valence electrons. The minimum atomic E-state index is -0.738. The lowest BCUT2D eigenvalue weighted by atomic mass is 10.1. The van der Waals surface area contributed by atoms with Crippen molar-refractivity contribution in [3.05, 3.63) is 42.4 Å². The van der Waals surface area contributed by atoms with Crippen LogP contribution in [-0.4, -0.2) is 80.8 Å². The third kappa shape index (κ3) is 3.98. The number of aliphatic hydroxyl groups is 1. The molecule has 3 N–H and O–H groups in total. The summed E-state index contributed by atoms with van der Waals surface area (Å²) in [6.45, 7) is 4.33. The van der Waals surface area contributed by atoms with Gasteiger partial charge in [0.15, 0.2) is 5.65 Å². The second-order valence-corrected chi connectivity index (χ2v) is 8.06. The van der Waals surface area contributed by atoms with Crippen molar-refractivity contribution in [3.8, 4) is 11.3 Å². The Morgan fingerprint density at radius 1 is 1.35 bits per heavy atom. The molecule has 34 heavy (non-hydrogen) atoms. The lowest BCUT2D eigenvalue weighted by Gasteiger charge is -2.14. The highest BCUT2D eigenvalue weighted by atomic mass is 16.5. The zero-order valence-corrected chi connectivity index (χ0v) is 19.1. The molecule has 0 saturated carbocycles. The summed E-state index contributed by atoms with van der Waals surface area (Å²) in [4.78, 5) is 22.4. The van der Waals surface area contributed by atoms with Gasteiger partial charge in [-0.3, -0.25) is 4.79 Å². The van der Waals surface area contributed by atoms with Gasteiger partial charge in [-0.05, 0) is 19.1 Å². The zero-order valence-electron chi connectivity index (χ0n) is 19.1. The minimum Gasteiger partial charge on any atom is -0.388 e. The molecule has 5 rings (SSSR count). The molecule has 5 heterocycles. The number of nitrogens with zero attached hydrogens (tertiary/aromatic N) is 5. The number of rotatable bonds is 8. The lowest BCUT2D eigenvalue weighted by Crippen LogP contribution is -2.42. The van der Waals surface area contributed by atoms with E-state index in [1.54, 1.807) is 17.8 Å². The minimum absolute atomic E-state index is 0.202. The van der Waals surface area contributed by atoms with Crippen LogP contribution in [0.3, 0.4) is 0 Å². The first-order valence-corrected chi connectivity index (χ1v) is 11.3. The summed E-state index contributed by atoms with van der Waals surface area (Å²) in [5.41, 5.74) is 3.14. The van der Waals surface area contributed by atoms with Crippen molar-refractivity contribution in [3.63, 3.8) is 0 Å². The Balaban J connectivity index is 1.57. The number of pyridine rings is 1. The summed E-state index contributed by atoms with van der Waals surface area (Å²) in [5.74, 6) is 0.319. The van der Waals surface area contributed by atoms with Crippen molar-refractivity contribution in [2.24, 2.45) is 0 Å². The van der Waals surface area contributed by atoms with Crippen LogP contribution < -0.4 is 10.6 Å². The van der Waals surface area contributed by atoms with Gasteiger partial charge in [-0.25, -0.2) is 9.97 Å². The Hall–Kier alpha value is -3.54. The summed E-state index contributed by atoms with van der Waals surface area (Å²) >= 11 is 0. The topological polar surface area (TPSA) is 128 Å². The molecule has 0 radical (unpaired) electrons. The maximum Gasteiger partial charge on any atom is 0.257 e. The molecule has 4 aromatic rings. The number of hydrogen-bond donors (Lipinski definition) is 3. The summed E-state index contributed by atoms with van der Waals surface area (Å²) < 4.78 is 14.4. The largest absolute Gasteiger partial charge is 0.388 e. The summed E-state index contributed by atoms with van der Waals surface area (Å²) in [5, 5.41) is 21.3. The van der Waals surface area contributed by atoms with Crippen LogP contribution in [0.25, 0.3) is 27.9 Å². The predicted molar refractivity (Wildman–Crippen MR) is 126 cm³/mol. The summed E-state index contributed by atoms with van der Waals surface area (Å²) in [7, 11) is 1.79. The fourth-order valence-corrected chi connectivity index (χ4v) is 4.17. The highest BCUT2D eigenvalue weighted by Crippen LogP contribution is 2.31. The number of nitrogens with one attached hydrogen (secondary N) is 2. The predicted octanol–water partition coefficient (Wildman–Crippen LogP) is 1.31. The summed E-state index contributed by atoms with van der Waals surface area (Å²) in [6.07, 6.45) is 4.52. The van der Waals surface area contributed by atoms with Gasteiger partial charge >= 0.3 is 0 Å². The third-order valence-corrected chi connectivity index (χ3v) is 5.93. The fourth-order valence-electron chi connectivity index (χ4n) is 4.17. The van der Waals surface area contributed by atoms with Gasteiger partial charge in [0.25, 0.3) is 5.91 Å². The van der Waals surface area contributed by atoms with E-state index in [1.165, 1.54) is 6.20 Å². The smallest absolute Gasteiger partial charge is 0.257 e. The van der Waals surface area contributed by atoms with Crippen LogP contribution >= 0.6 is 0 Å². The number of carbonyl (C=O) groups excluding carboxylic acids is 1. The first kappa shape index (κ1) is 22.3. The number of aromatic nitrogens is 5. The van der Waals surface area contributed by atoms with Crippen LogP contribution in [0, 0.1) is 0 Å². The van der Waals surface area contributed by atoms with E-state index in [-0.39, 0.29) is 19.1 Å². The van der Waals surface area contributed by atoms with Crippen molar-refractivity contribution in [2.75, 3.05) is 38.8 Å². The Morgan fingerprint density at radius 2 is 2.24 bits per heavy atom. The summed E-state index contributed by atoms with van der Waals surface area (Å²) in [6, 6.07) is 5.32. The molecule has 1 aliphatic rings. The van der Waals surface area contributed by atoms with E-state index in [4.69, 9.17) is 14.5 Å². The maximum absolute atomic E-state index is 13.0. The quantitative estimate of drug-likeness (QED) is 0.333. The number of anilines is 1. The number of hydrogen-bond acceptors (Lipinski definition) is 8. The molecule has 0 aromatic carbocycles. The van der Waals surface area contributed by atoms with Crippen molar-refractivity contribution >= 4 is 28.4 Å². The van der Waals surface area contributed by atoms with E-state index in [2.05, 4.69) is 25.3 Å². The van der Waals surface area contributed by atoms with Crippen LogP contribution in [0.4, 0.5) is 5.82 Å². The molecular formula is C23H27N7O4. The second-order valence-electron chi connectivity index (χ2n) is 8.06. The van der Waals surface area contributed by atoms with Crippen molar-refractivity contribution < 1.29 is 19.4 Å². The number of amides is 1. The van der Waals surface area contributed by atoms with Gasteiger partial charge in [0, 0.05) is 49.6 Å². The highest BCUT2D eigenvalue weighted by molar-refractivity contribution is 6.01. The highest BCUT2D eigenvalue weighted by Gasteiger charge is 2.29. The molecule has 0 aliphatic carbocycles. The van der Waals surface area contributed by atoms with E-state index < -0.39 is 12.1 Å². The van der Waals surface area contributed by atoms with E-state index in [9.17, 15) is 9.90 Å². The average Bonchev–Trinajstić information content (AvgIpc) is 3.56. The Morgan fingerprint density at radius 3 is 3.00 bits per heavy atom. The van der Waals surface area contributed by atoms with E-state index in [0.717, 1.165) is 16.6 Å². The molecule has 0 spiro atoms. The van der Waals surface area contributed by atoms with Crippen LogP contribution in [0.1, 0.15) is 17.3 Å². The molecule has 0 bridgehead atoms. The van der Waals surface area contributed by atoms with Gasteiger partial charge < -0.3 is 29.8 Å². The SMILES string of the molecule is CCOCCn1cc(-c2cc(NC)n3ncc(C(=O)N[C@H]4COC[C@H]4O)c3n2)c2cccnc21. The molecule has 1 amide bonds. The van der Waals surface area contributed by atoms with Crippen LogP contribution in [0.15, 0.2) is 36.8 Å². The molecular weight excluding hydrogens is 438 g/mol. The van der Waals surface area contributed by atoms with Gasteiger partial charge in [0.2, 0.25) is 0 Å². The first-order chi connectivity index (χ1) is 16.6. The van der Waals surface area contributed by atoms with Gasteiger partial charge in [0.1, 0.15) is 17.0 Å². The Kier molecular flexibility index (Phi) is 6.14. The normalized spacial score (nSPS) is 18.1. The number of fused-ring (bicyclic) bond motifs is 2. The molecule has 11 nitrogen and oxygen atoms in total. The molecule has 1 fully saturated rings. The fraction of sp³-hybridized carbons (Fsp3) is 0.391. The van der Waals surface area contributed by atoms with Crippen molar-refractivity contribution in [1.82, 2.24) is 29.5 Å². The van der Waals surface area contributed by atoms with E-state index in [0.29, 0.717) is 42.5 Å². The average molecular weight is 466 g/mol. The first-order valence-electron chi connectivity index (χ1n) is 11.3. The van der Waals surface area contributed by atoms with Crippen molar-refractivity contribution in [2.45, 2.75) is 25.6 Å². The Labute approximate surface area is 195 Å². The maximum atomic E-state index is 13.0. The van der Waals surface area contributed by atoms with Crippen LogP contribution in [0.2, 0.25) is 0 Å². The van der Waals surface area contributed by atoms with Gasteiger partial charge in [-0.1, -0.05) is 0 Å². The molecule has 11 heteroatoms. The monoisotopic (exact) mass is 465 g/mol. The van der Waals surface area contributed by atoms with Crippen LogP contribution in [0.5, 0.6) is 0 Å². The van der Waals surface area contributed by atoms with Gasteiger partial charge in [0.05, 0.1) is 43.9 Å². The van der Waals surface area contributed by atoms with Crippen LogP contribution in [-0.2, 0) is 16.0 Å².